The van der Waals surface area contributed by atoms with Crippen molar-refractivity contribution in [2.75, 3.05) is 6.54 Å². The van der Waals surface area contributed by atoms with E-state index >= 15 is 0 Å². The van der Waals surface area contributed by atoms with Gasteiger partial charge in [-0.25, -0.2) is 0 Å². The van der Waals surface area contributed by atoms with Gasteiger partial charge in [-0.2, -0.15) is 0 Å². The van der Waals surface area contributed by atoms with E-state index in [1.807, 2.05) is 49.4 Å². The Hall–Kier alpha value is -1.95. The second-order valence-corrected chi connectivity index (χ2v) is 9.25. The molecule has 152 valence electrons. The Morgan fingerprint density at radius 2 is 1.90 bits per heavy atom. The summed E-state index contributed by atoms with van der Waals surface area (Å²) in [6.45, 7) is 6.46. The quantitative estimate of drug-likeness (QED) is 0.431. The van der Waals surface area contributed by atoms with Crippen LogP contribution in [-0.2, 0) is 11.2 Å². The largest absolute Gasteiger partial charge is 0.360 e. The van der Waals surface area contributed by atoms with Crippen molar-refractivity contribution in [2.24, 2.45) is 0 Å². The van der Waals surface area contributed by atoms with Crippen molar-refractivity contribution in [1.29, 1.82) is 0 Å². The third kappa shape index (κ3) is 5.56. The van der Waals surface area contributed by atoms with Gasteiger partial charge in [0.1, 0.15) is 5.76 Å². The number of hydrogen-bond acceptors (Lipinski definition) is 4. The van der Waals surface area contributed by atoms with Crippen molar-refractivity contribution in [3.05, 3.63) is 81.2 Å². The molecular formula is C22H22Cl2N2O2S. The van der Waals surface area contributed by atoms with Crippen LogP contribution in [0.4, 0.5) is 0 Å². The van der Waals surface area contributed by atoms with Crippen molar-refractivity contribution in [1.82, 2.24) is 10.5 Å². The van der Waals surface area contributed by atoms with Crippen molar-refractivity contribution < 1.29 is 9.32 Å². The summed E-state index contributed by atoms with van der Waals surface area (Å²) >= 11 is 13.7. The molecule has 0 unspecified atom stereocenters. The van der Waals surface area contributed by atoms with Crippen LogP contribution in [0.15, 0.2) is 57.9 Å². The van der Waals surface area contributed by atoms with Gasteiger partial charge < -0.3 is 9.84 Å². The molecule has 3 aromatic rings. The maximum absolute atomic E-state index is 12.9. The predicted octanol–water partition coefficient (Wildman–Crippen LogP) is 6.29. The van der Waals surface area contributed by atoms with E-state index < -0.39 is 0 Å². The van der Waals surface area contributed by atoms with E-state index in [1.54, 1.807) is 17.8 Å². The van der Waals surface area contributed by atoms with E-state index in [1.165, 1.54) is 0 Å². The van der Waals surface area contributed by atoms with Crippen molar-refractivity contribution in [2.45, 2.75) is 36.8 Å². The van der Waals surface area contributed by atoms with Gasteiger partial charge in [0.25, 0.3) is 5.91 Å². The van der Waals surface area contributed by atoms with Gasteiger partial charge in [-0.1, -0.05) is 60.4 Å². The number of rotatable bonds is 7. The van der Waals surface area contributed by atoms with Crippen LogP contribution in [0.3, 0.4) is 0 Å². The van der Waals surface area contributed by atoms with Gasteiger partial charge in [0, 0.05) is 22.9 Å². The zero-order valence-electron chi connectivity index (χ0n) is 16.5. The Kier molecular flexibility index (Phi) is 6.93. The van der Waals surface area contributed by atoms with Gasteiger partial charge in [0.15, 0.2) is 0 Å². The Bertz CT molecular complexity index is 1020. The summed E-state index contributed by atoms with van der Waals surface area (Å²) in [7, 11) is 0. The smallest absolute Gasteiger partial charge is 0.252 e. The lowest BCUT2D eigenvalue weighted by Gasteiger charge is -2.26. The molecule has 1 heterocycles. The second-order valence-electron chi connectivity index (χ2n) is 7.41. The van der Waals surface area contributed by atoms with Crippen LogP contribution in [0.5, 0.6) is 0 Å². The SMILES string of the molecule is Cc1cc(CSc2ccccc2C(=O)NCC(C)(C)c2ccc(Cl)c(Cl)c2)on1. The summed E-state index contributed by atoms with van der Waals surface area (Å²) in [5, 5.41) is 7.97. The van der Waals surface area contributed by atoms with E-state index in [9.17, 15) is 4.79 Å². The van der Waals surface area contributed by atoms with Crippen LogP contribution >= 0.6 is 35.0 Å². The molecule has 1 N–H and O–H groups in total. The number of hydrogen-bond donors (Lipinski definition) is 1. The standard InChI is InChI=1S/C22H22Cl2N2O2S/c1-14-10-16(28-26-14)12-29-20-7-5-4-6-17(20)21(27)25-13-22(2,3)15-8-9-18(23)19(24)11-15/h4-11H,12-13H2,1-3H3,(H,25,27). The number of carbonyl (C=O) groups is 1. The highest BCUT2D eigenvalue weighted by Crippen LogP contribution is 2.30. The molecule has 1 aromatic heterocycles. The summed E-state index contributed by atoms with van der Waals surface area (Å²) in [5.41, 5.74) is 2.19. The third-order valence-corrected chi connectivity index (χ3v) is 6.41. The molecule has 0 bridgehead atoms. The summed E-state index contributed by atoms with van der Waals surface area (Å²) in [5.74, 6) is 1.28. The van der Waals surface area contributed by atoms with Gasteiger partial charge in [-0.15, -0.1) is 11.8 Å². The fourth-order valence-electron chi connectivity index (χ4n) is 2.83. The van der Waals surface area contributed by atoms with E-state index in [0.717, 1.165) is 21.9 Å². The first kappa shape index (κ1) is 21.8. The molecule has 0 radical (unpaired) electrons. The number of benzene rings is 2. The highest BCUT2D eigenvalue weighted by Gasteiger charge is 2.23. The van der Waals surface area contributed by atoms with Crippen LogP contribution in [-0.4, -0.2) is 17.6 Å². The molecule has 0 saturated heterocycles. The number of nitrogens with one attached hydrogen (secondary N) is 1. The van der Waals surface area contributed by atoms with Crippen LogP contribution in [0.1, 0.15) is 41.2 Å². The Morgan fingerprint density at radius 3 is 2.59 bits per heavy atom. The van der Waals surface area contributed by atoms with E-state index in [0.29, 0.717) is 27.9 Å². The number of nitrogens with zero attached hydrogens (tertiary/aromatic N) is 1. The minimum absolute atomic E-state index is 0.116. The molecule has 1 amide bonds. The minimum Gasteiger partial charge on any atom is -0.360 e. The lowest BCUT2D eigenvalue weighted by molar-refractivity contribution is 0.0942. The first-order chi connectivity index (χ1) is 13.8. The lowest BCUT2D eigenvalue weighted by Crippen LogP contribution is -2.36. The molecule has 0 fully saturated rings. The summed E-state index contributed by atoms with van der Waals surface area (Å²) < 4.78 is 5.25. The fourth-order valence-corrected chi connectivity index (χ4v) is 4.05. The van der Waals surface area contributed by atoms with Gasteiger partial charge in [-0.05, 0) is 36.8 Å². The molecular weight excluding hydrogens is 427 g/mol. The van der Waals surface area contributed by atoms with Gasteiger partial charge in [0.05, 0.1) is 27.1 Å². The van der Waals surface area contributed by atoms with Crippen molar-refractivity contribution in [3.63, 3.8) is 0 Å². The van der Waals surface area contributed by atoms with E-state index in [4.69, 9.17) is 27.7 Å². The molecule has 0 atom stereocenters. The average Bonchev–Trinajstić information content (AvgIpc) is 3.12. The molecule has 7 heteroatoms. The maximum Gasteiger partial charge on any atom is 0.252 e. The van der Waals surface area contributed by atoms with Crippen molar-refractivity contribution in [3.8, 4) is 0 Å². The molecule has 0 aliphatic carbocycles. The van der Waals surface area contributed by atoms with Crippen LogP contribution < -0.4 is 5.32 Å². The normalized spacial score (nSPS) is 11.5. The molecule has 0 aliphatic heterocycles. The highest BCUT2D eigenvalue weighted by molar-refractivity contribution is 7.98. The number of amides is 1. The molecule has 0 saturated carbocycles. The van der Waals surface area contributed by atoms with Crippen LogP contribution in [0.2, 0.25) is 10.0 Å². The molecule has 0 aliphatic rings. The number of carbonyl (C=O) groups excluding carboxylic acids is 1. The first-order valence-corrected chi connectivity index (χ1v) is 10.9. The summed E-state index contributed by atoms with van der Waals surface area (Å²) in [4.78, 5) is 13.8. The molecule has 29 heavy (non-hydrogen) atoms. The molecule has 0 spiro atoms. The monoisotopic (exact) mass is 448 g/mol. The molecule has 4 nitrogen and oxygen atoms in total. The van der Waals surface area contributed by atoms with E-state index in [2.05, 4.69) is 24.3 Å². The second kappa shape index (κ2) is 9.24. The number of halogens is 2. The lowest BCUT2D eigenvalue weighted by atomic mass is 9.84. The van der Waals surface area contributed by atoms with Crippen molar-refractivity contribution >= 4 is 40.9 Å². The Balaban J connectivity index is 1.68. The Labute approximate surface area is 185 Å². The Morgan fingerprint density at radius 1 is 1.14 bits per heavy atom. The third-order valence-electron chi connectivity index (χ3n) is 4.57. The first-order valence-electron chi connectivity index (χ1n) is 9.14. The summed E-state index contributed by atoms with van der Waals surface area (Å²) in [6, 6.07) is 15.0. The zero-order valence-corrected chi connectivity index (χ0v) is 18.8. The van der Waals surface area contributed by atoms with Gasteiger partial charge >= 0.3 is 0 Å². The summed E-state index contributed by atoms with van der Waals surface area (Å²) in [6.07, 6.45) is 0. The molecule has 3 rings (SSSR count). The predicted molar refractivity (Wildman–Crippen MR) is 119 cm³/mol. The zero-order chi connectivity index (χ0) is 21.0. The fraction of sp³-hybridized carbons (Fsp3) is 0.273. The number of aromatic nitrogens is 1. The highest BCUT2D eigenvalue weighted by atomic mass is 35.5. The van der Waals surface area contributed by atoms with Crippen LogP contribution in [0, 0.1) is 6.92 Å². The van der Waals surface area contributed by atoms with E-state index in [-0.39, 0.29) is 11.3 Å². The molecule has 2 aromatic carbocycles. The van der Waals surface area contributed by atoms with Gasteiger partial charge in [-0.3, -0.25) is 4.79 Å². The number of thioether (sulfide) groups is 1. The number of aryl methyl sites for hydroxylation is 1. The topological polar surface area (TPSA) is 55.1 Å². The average molecular weight is 449 g/mol. The van der Waals surface area contributed by atoms with Crippen LogP contribution in [0.25, 0.3) is 0 Å². The minimum atomic E-state index is -0.302. The van der Waals surface area contributed by atoms with Gasteiger partial charge in [0.2, 0.25) is 0 Å². The maximum atomic E-state index is 12.9.